The van der Waals surface area contributed by atoms with Crippen LogP contribution in [0.25, 0.3) is 11.0 Å². The molecule has 0 bridgehead atoms. The molecule has 1 saturated carbocycles. The Hall–Kier alpha value is -3.08. The van der Waals surface area contributed by atoms with E-state index in [2.05, 4.69) is 19.1 Å². The zero-order valence-corrected chi connectivity index (χ0v) is 16.9. The molecule has 1 aliphatic rings. The van der Waals surface area contributed by atoms with Crippen LogP contribution in [0.15, 0.2) is 51.7 Å². The molecule has 0 amide bonds. The lowest BCUT2D eigenvalue weighted by molar-refractivity contribution is 0.0526. The molecule has 4 rings (SSSR count). The van der Waals surface area contributed by atoms with Gasteiger partial charge in [0.2, 0.25) is 11.2 Å². The fraction of sp³-hybridized carbons (Fsp3) is 0.333. The Morgan fingerprint density at radius 3 is 2.62 bits per heavy atom. The number of hydrogen-bond acceptors (Lipinski definition) is 5. The van der Waals surface area contributed by atoms with Gasteiger partial charge in [0.05, 0.1) is 24.2 Å². The number of fused-ring (bicyclic) bond motifs is 1. The van der Waals surface area contributed by atoms with Crippen molar-refractivity contribution < 1.29 is 18.7 Å². The number of rotatable bonds is 6. The molecule has 0 aliphatic heterocycles. The Balaban J connectivity index is 1.78. The normalized spacial score (nSPS) is 17.9. The molecule has 5 nitrogen and oxygen atoms in total. The van der Waals surface area contributed by atoms with Gasteiger partial charge in [-0.25, -0.2) is 4.79 Å². The van der Waals surface area contributed by atoms with Crippen LogP contribution in [0.3, 0.4) is 0 Å². The largest absolute Gasteiger partial charge is 0.487 e. The first-order valence-electron chi connectivity index (χ1n) is 10.0. The second-order valence-electron chi connectivity index (χ2n) is 7.29. The molecule has 1 aliphatic carbocycles. The highest BCUT2D eigenvalue weighted by Gasteiger charge is 2.44. The summed E-state index contributed by atoms with van der Waals surface area (Å²) in [5, 5.41) is 0.329. The predicted molar refractivity (Wildman–Crippen MR) is 111 cm³/mol. The molecule has 1 fully saturated rings. The number of ether oxygens (including phenoxy) is 2. The quantitative estimate of drug-likeness (QED) is 0.556. The average Bonchev–Trinajstić information content (AvgIpc) is 3.51. The summed E-state index contributed by atoms with van der Waals surface area (Å²) in [6.45, 7) is 6.32. The van der Waals surface area contributed by atoms with E-state index in [1.54, 1.807) is 19.1 Å². The number of carbonyl (C=O) groups excluding carboxylic acids is 1. The van der Waals surface area contributed by atoms with Crippen LogP contribution >= 0.6 is 0 Å². The number of carbonyl (C=O) groups is 1. The van der Waals surface area contributed by atoms with E-state index in [9.17, 15) is 9.59 Å². The lowest BCUT2D eigenvalue weighted by Gasteiger charge is -2.11. The van der Waals surface area contributed by atoms with Crippen molar-refractivity contribution in [3.63, 3.8) is 0 Å². The van der Waals surface area contributed by atoms with E-state index in [1.165, 1.54) is 17.2 Å². The van der Waals surface area contributed by atoms with Gasteiger partial charge in [-0.1, -0.05) is 24.3 Å². The van der Waals surface area contributed by atoms with Crippen molar-refractivity contribution in [1.82, 2.24) is 0 Å². The molecule has 2 unspecified atom stereocenters. The van der Waals surface area contributed by atoms with Gasteiger partial charge in [-0.05, 0) is 62.4 Å². The highest BCUT2D eigenvalue weighted by atomic mass is 16.5. The van der Waals surface area contributed by atoms with Gasteiger partial charge in [0.15, 0.2) is 5.76 Å². The van der Waals surface area contributed by atoms with Crippen molar-refractivity contribution in [2.45, 2.75) is 39.0 Å². The Kier molecular flexibility index (Phi) is 5.14. The van der Waals surface area contributed by atoms with Crippen LogP contribution in [0.5, 0.6) is 5.75 Å². The van der Waals surface area contributed by atoms with Crippen LogP contribution in [0, 0.1) is 6.92 Å². The molecular weight excluding hydrogens is 368 g/mol. The summed E-state index contributed by atoms with van der Waals surface area (Å²) in [6.07, 6.45) is 0.917. The lowest BCUT2D eigenvalue weighted by atomic mass is 10.0. The number of hydrogen-bond donors (Lipinski definition) is 0. The second-order valence-corrected chi connectivity index (χ2v) is 7.29. The van der Waals surface area contributed by atoms with Crippen molar-refractivity contribution in [1.29, 1.82) is 0 Å². The molecule has 2 aromatic carbocycles. The maximum atomic E-state index is 13.2. The first-order chi connectivity index (χ1) is 14.0. The summed E-state index contributed by atoms with van der Waals surface area (Å²) in [5.74, 6) is 0.815. The third-order valence-electron chi connectivity index (χ3n) is 5.39. The van der Waals surface area contributed by atoms with E-state index in [0.29, 0.717) is 34.8 Å². The molecule has 29 heavy (non-hydrogen) atoms. The van der Waals surface area contributed by atoms with Crippen LogP contribution in [-0.4, -0.2) is 19.2 Å². The maximum absolute atomic E-state index is 13.2. The number of aryl methyl sites for hydroxylation is 1. The molecule has 0 radical (unpaired) electrons. The van der Waals surface area contributed by atoms with E-state index in [0.717, 1.165) is 6.42 Å². The fourth-order valence-electron chi connectivity index (χ4n) is 3.89. The predicted octanol–water partition coefficient (Wildman–Crippen LogP) is 4.95. The molecule has 0 saturated heterocycles. The number of esters is 1. The summed E-state index contributed by atoms with van der Waals surface area (Å²) in [5.41, 5.74) is 3.05. The highest BCUT2D eigenvalue weighted by molar-refractivity contribution is 5.94. The SMILES string of the molecule is CCOC(=O)c1ccc2oc(C3CC3c3ccccc3C)c(OCC)c(=O)c2c1. The van der Waals surface area contributed by atoms with Crippen molar-refractivity contribution in [3.05, 3.63) is 75.1 Å². The Bertz CT molecular complexity index is 1130. The molecule has 0 N–H and O–H groups in total. The summed E-state index contributed by atoms with van der Waals surface area (Å²) < 4.78 is 16.9. The zero-order valence-electron chi connectivity index (χ0n) is 16.9. The summed E-state index contributed by atoms with van der Waals surface area (Å²) >= 11 is 0. The highest BCUT2D eigenvalue weighted by Crippen LogP contribution is 2.57. The monoisotopic (exact) mass is 392 g/mol. The Morgan fingerprint density at radius 2 is 1.90 bits per heavy atom. The van der Waals surface area contributed by atoms with Crippen molar-refractivity contribution in [3.8, 4) is 5.75 Å². The van der Waals surface area contributed by atoms with Crippen molar-refractivity contribution in [2.24, 2.45) is 0 Å². The minimum Gasteiger partial charge on any atom is -0.487 e. The van der Waals surface area contributed by atoms with Crippen LogP contribution in [0.4, 0.5) is 0 Å². The van der Waals surface area contributed by atoms with Gasteiger partial charge in [0, 0.05) is 5.92 Å². The van der Waals surface area contributed by atoms with Gasteiger partial charge < -0.3 is 13.9 Å². The Labute approximate surface area is 169 Å². The smallest absolute Gasteiger partial charge is 0.338 e. The van der Waals surface area contributed by atoms with Crippen LogP contribution in [0.1, 0.15) is 59.3 Å². The molecule has 5 heteroatoms. The molecule has 2 atom stereocenters. The van der Waals surface area contributed by atoms with E-state index in [-0.39, 0.29) is 23.7 Å². The van der Waals surface area contributed by atoms with Crippen molar-refractivity contribution in [2.75, 3.05) is 13.2 Å². The van der Waals surface area contributed by atoms with Crippen LogP contribution in [0.2, 0.25) is 0 Å². The van der Waals surface area contributed by atoms with Gasteiger partial charge in [0.1, 0.15) is 5.58 Å². The maximum Gasteiger partial charge on any atom is 0.338 e. The van der Waals surface area contributed by atoms with Gasteiger partial charge in [-0.3, -0.25) is 4.79 Å². The summed E-state index contributed by atoms with van der Waals surface area (Å²) in [4.78, 5) is 25.2. The van der Waals surface area contributed by atoms with E-state index in [1.807, 2.05) is 19.1 Å². The third-order valence-corrected chi connectivity index (χ3v) is 5.39. The first-order valence-corrected chi connectivity index (χ1v) is 10.0. The fourth-order valence-corrected chi connectivity index (χ4v) is 3.89. The lowest BCUT2D eigenvalue weighted by Crippen LogP contribution is -2.12. The number of benzene rings is 2. The van der Waals surface area contributed by atoms with Gasteiger partial charge in [-0.15, -0.1) is 0 Å². The van der Waals surface area contributed by atoms with Gasteiger partial charge >= 0.3 is 5.97 Å². The van der Waals surface area contributed by atoms with Gasteiger partial charge in [-0.2, -0.15) is 0 Å². The zero-order chi connectivity index (χ0) is 20.5. The minimum absolute atomic E-state index is 0.111. The topological polar surface area (TPSA) is 65.7 Å². The van der Waals surface area contributed by atoms with Crippen LogP contribution < -0.4 is 10.2 Å². The van der Waals surface area contributed by atoms with E-state index < -0.39 is 5.97 Å². The summed E-state index contributed by atoms with van der Waals surface area (Å²) in [6, 6.07) is 13.1. The van der Waals surface area contributed by atoms with Gasteiger partial charge in [0.25, 0.3) is 0 Å². The molecule has 150 valence electrons. The van der Waals surface area contributed by atoms with Crippen LogP contribution in [-0.2, 0) is 4.74 Å². The van der Waals surface area contributed by atoms with Crippen molar-refractivity contribution >= 4 is 16.9 Å². The Morgan fingerprint density at radius 1 is 1.10 bits per heavy atom. The average molecular weight is 392 g/mol. The van der Waals surface area contributed by atoms with E-state index >= 15 is 0 Å². The standard InChI is InChI=1S/C24H24O5/c1-4-27-23-21(25)19-12-15(24(26)28-5-2)10-11-20(19)29-22(23)18-13-17(18)16-9-7-6-8-14(16)3/h6-12,17-18H,4-5,13H2,1-3H3. The first kappa shape index (κ1) is 19.2. The minimum atomic E-state index is -0.461. The molecule has 0 spiro atoms. The molecule has 1 aromatic heterocycles. The molecule has 1 heterocycles. The molecule has 3 aromatic rings. The third kappa shape index (κ3) is 3.53. The van der Waals surface area contributed by atoms with E-state index in [4.69, 9.17) is 13.9 Å². The molecular formula is C24H24O5. The summed E-state index contributed by atoms with van der Waals surface area (Å²) in [7, 11) is 0. The second kappa shape index (κ2) is 7.74.